The first-order valence-electron chi connectivity index (χ1n) is 13.9. The Morgan fingerprint density at radius 2 is 0.743 bits per heavy atom. The molecule has 0 saturated carbocycles. The van der Waals surface area contributed by atoms with Gasteiger partial charge in [0.1, 0.15) is 0 Å². The fraction of sp³-hybridized carbons (Fsp3) is 0.657. The largest absolute Gasteiger partial charge is 0.0617 e. The van der Waals surface area contributed by atoms with Crippen molar-refractivity contribution in [1.82, 2.24) is 0 Å². The van der Waals surface area contributed by atoms with Crippen LogP contribution in [0, 0.1) is 0 Å². The van der Waals surface area contributed by atoms with Crippen molar-refractivity contribution in [2.45, 2.75) is 150 Å². The van der Waals surface area contributed by atoms with Crippen LogP contribution in [-0.4, -0.2) is 0 Å². The SMILES string of the molecule is CC(C)(C)c1cc(C(C)(C)C)c(CCCc2c(C(C)(C)C)cccc2C(C)(C)C)c(C(C)(C)C)c1. The van der Waals surface area contributed by atoms with Crippen molar-refractivity contribution in [2.75, 3.05) is 0 Å². The predicted octanol–water partition coefficient (Wildman–Crippen LogP) is 10.3. The van der Waals surface area contributed by atoms with E-state index in [9.17, 15) is 0 Å². The Kier molecular flexibility index (Phi) is 8.24. The van der Waals surface area contributed by atoms with Crippen molar-refractivity contribution in [3.05, 3.63) is 69.3 Å². The maximum absolute atomic E-state index is 2.52. The second-order valence-electron chi connectivity index (χ2n) is 16.0. The van der Waals surface area contributed by atoms with E-state index < -0.39 is 0 Å². The lowest BCUT2D eigenvalue weighted by atomic mass is 9.71. The van der Waals surface area contributed by atoms with Crippen LogP contribution in [0.4, 0.5) is 0 Å². The van der Waals surface area contributed by atoms with Gasteiger partial charge in [-0.3, -0.25) is 0 Å². The molecule has 0 bridgehead atoms. The molecule has 196 valence electrons. The highest BCUT2D eigenvalue weighted by Crippen LogP contribution is 2.40. The summed E-state index contributed by atoms with van der Waals surface area (Å²) in [7, 11) is 0. The van der Waals surface area contributed by atoms with Gasteiger partial charge in [0.25, 0.3) is 0 Å². The highest BCUT2D eigenvalue weighted by atomic mass is 14.3. The summed E-state index contributed by atoms with van der Waals surface area (Å²) in [5, 5.41) is 0. The molecule has 0 N–H and O–H groups in total. The summed E-state index contributed by atoms with van der Waals surface area (Å²) in [4.78, 5) is 0. The van der Waals surface area contributed by atoms with E-state index in [1.807, 2.05) is 0 Å². The molecule has 0 fully saturated rings. The summed E-state index contributed by atoms with van der Waals surface area (Å²) in [6.07, 6.45) is 3.44. The molecule has 0 aliphatic rings. The van der Waals surface area contributed by atoms with Crippen LogP contribution < -0.4 is 0 Å². The Hall–Kier alpha value is -1.56. The Balaban J connectivity index is 2.61. The quantitative estimate of drug-likeness (QED) is 0.411. The van der Waals surface area contributed by atoms with Gasteiger partial charge in [0.05, 0.1) is 0 Å². The monoisotopic (exact) mass is 476 g/mol. The zero-order valence-electron chi connectivity index (χ0n) is 26.0. The maximum Gasteiger partial charge on any atom is -0.0129 e. The van der Waals surface area contributed by atoms with Gasteiger partial charge >= 0.3 is 0 Å². The van der Waals surface area contributed by atoms with Gasteiger partial charge in [0.2, 0.25) is 0 Å². The Morgan fingerprint density at radius 1 is 0.429 bits per heavy atom. The summed E-state index contributed by atoms with van der Waals surface area (Å²) >= 11 is 0. The van der Waals surface area contributed by atoms with Crippen molar-refractivity contribution < 1.29 is 0 Å². The Bertz CT molecular complexity index is 945. The van der Waals surface area contributed by atoms with Crippen molar-refractivity contribution in [3.8, 4) is 0 Å². The average molecular weight is 477 g/mol. The molecule has 0 heteroatoms. The summed E-state index contributed by atoms with van der Waals surface area (Å²) in [5.41, 5.74) is 11.4. The van der Waals surface area contributed by atoms with Crippen LogP contribution in [0.2, 0.25) is 0 Å². The van der Waals surface area contributed by atoms with Crippen LogP contribution in [0.1, 0.15) is 149 Å². The van der Waals surface area contributed by atoms with E-state index in [1.54, 1.807) is 11.1 Å². The minimum atomic E-state index is 0.122. The minimum absolute atomic E-state index is 0.122. The van der Waals surface area contributed by atoms with Crippen molar-refractivity contribution >= 4 is 0 Å². The van der Waals surface area contributed by atoms with Gasteiger partial charge in [0, 0.05) is 0 Å². The molecule has 2 rings (SSSR count). The van der Waals surface area contributed by atoms with Gasteiger partial charge in [0.15, 0.2) is 0 Å². The van der Waals surface area contributed by atoms with Gasteiger partial charge in [-0.2, -0.15) is 0 Å². The third kappa shape index (κ3) is 7.24. The van der Waals surface area contributed by atoms with Crippen LogP contribution in [0.25, 0.3) is 0 Å². The van der Waals surface area contributed by atoms with Gasteiger partial charge in [-0.25, -0.2) is 0 Å². The second kappa shape index (κ2) is 9.72. The average Bonchev–Trinajstić information content (AvgIpc) is 2.63. The Labute approximate surface area is 219 Å². The van der Waals surface area contributed by atoms with E-state index in [2.05, 4.69) is 134 Å². The van der Waals surface area contributed by atoms with Crippen LogP contribution in [0.3, 0.4) is 0 Å². The Morgan fingerprint density at radius 3 is 1.03 bits per heavy atom. The fourth-order valence-corrected chi connectivity index (χ4v) is 5.42. The molecule has 0 heterocycles. The summed E-state index contributed by atoms with van der Waals surface area (Å²) < 4.78 is 0. The zero-order valence-corrected chi connectivity index (χ0v) is 26.0. The number of benzene rings is 2. The lowest BCUT2D eigenvalue weighted by Gasteiger charge is -2.34. The smallest absolute Gasteiger partial charge is 0.0129 e. The normalized spacial score (nSPS) is 13.9. The van der Waals surface area contributed by atoms with Crippen LogP contribution >= 0.6 is 0 Å². The molecule has 0 aliphatic heterocycles. The molecule has 0 amide bonds. The molecule has 0 aliphatic carbocycles. The first kappa shape index (κ1) is 29.7. The van der Waals surface area contributed by atoms with E-state index in [1.165, 1.54) is 34.2 Å². The summed E-state index contributed by atoms with van der Waals surface area (Å²) in [6, 6.07) is 12.0. The standard InChI is InChI=1S/C35H56/c1-31(2,3)24-22-29(34(10,11)12)26(30(23-24)35(13,14)15)19-16-18-25-27(32(4,5)6)20-17-21-28(25)33(7,8)9/h17,20-23H,16,18-19H2,1-15H3. The lowest BCUT2D eigenvalue weighted by molar-refractivity contribution is 0.533. The molecule has 0 aromatic heterocycles. The van der Waals surface area contributed by atoms with E-state index in [-0.39, 0.29) is 27.1 Å². The van der Waals surface area contributed by atoms with Gasteiger partial charge in [-0.1, -0.05) is 134 Å². The molecular formula is C35H56. The number of hydrogen-bond donors (Lipinski definition) is 0. The first-order valence-corrected chi connectivity index (χ1v) is 13.9. The van der Waals surface area contributed by atoms with Crippen molar-refractivity contribution in [1.29, 1.82) is 0 Å². The lowest BCUT2D eigenvalue weighted by Crippen LogP contribution is -2.24. The molecule has 0 unspecified atom stereocenters. The molecule has 0 nitrogen and oxygen atoms in total. The third-order valence-electron chi connectivity index (χ3n) is 7.38. The molecule has 2 aromatic rings. The third-order valence-corrected chi connectivity index (χ3v) is 7.38. The van der Waals surface area contributed by atoms with E-state index >= 15 is 0 Å². The molecular weight excluding hydrogens is 420 g/mol. The predicted molar refractivity (Wildman–Crippen MR) is 158 cm³/mol. The van der Waals surface area contributed by atoms with Gasteiger partial charge in [-0.05, 0) is 85.3 Å². The van der Waals surface area contributed by atoms with Gasteiger partial charge < -0.3 is 0 Å². The van der Waals surface area contributed by atoms with Crippen LogP contribution in [-0.2, 0) is 39.9 Å². The summed E-state index contributed by atoms with van der Waals surface area (Å²) in [5.74, 6) is 0. The maximum atomic E-state index is 2.52. The molecule has 35 heavy (non-hydrogen) atoms. The number of rotatable bonds is 4. The highest BCUT2D eigenvalue weighted by Gasteiger charge is 2.29. The van der Waals surface area contributed by atoms with E-state index in [0.29, 0.717) is 0 Å². The second-order valence-corrected chi connectivity index (χ2v) is 16.0. The van der Waals surface area contributed by atoms with E-state index in [0.717, 1.165) is 12.8 Å². The van der Waals surface area contributed by atoms with Crippen LogP contribution in [0.15, 0.2) is 30.3 Å². The fourth-order valence-electron chi connectivity index (χ4n) is 5.42. The minimum Gasteiger partial charge on any atom is -0.0617 e. The van der Waals surface area contributed by atoms with Gasteiger partial charge in [-0.15, -0.1) is 0 Å². The molecule has 0 saturated heterocycles. The zero-order chi connectivity index (χ0) is 27.2. The first-order chi connectivity index (χ1) is 15.5. The topological polar surface area (TPSA) is 0 Å². The van der Waals surface area contributed by atoms with Crippen LogP contribution in [0.5, 0.6) is 0 Å². The van der Waals surface area contributed by atoms with Crippen molar-refractivity contribution in [2.24, 2.45) is 0 Å². The van der Waals surface area contributed by atoms with E-state index in [4.69, 9.17) is 0 Å². The molecule has 2 aromatic carbocycles. The van der Waals surface area contributed by atoms with Crippen molar-refractivity contribution in [3.63, 3.8) is 0 Å². The highest BCUT2D eigenvalue weighted by molar-refractivity contribution is 5.48. The summed E-state index contributed by atoms with van der Waals surface area (Å²) in [6.45, 7) is 35.5. The molecule has 0 spiro atoms. The number of hydrogen-bond acceptors (Lipinski definition) is 0. The molecule has 0 radical (unpaired) electrons. The molecule has 0 atom stereocenters.